The number of anilines is 1. The third kappa shape index (κ3) is 2.37. The van der Waals surface area contributed by atoms with Gasteiger partial charge in [-0.2, -0.15) is 0 Å². The molecule has 110 valence electrons. The highest BCUT2D eigenvalue weighted by Gasteiger charge is 2.18. The summed E-state index contributed by atoms with van der Waals surface area (Å²) in [6.07, 6.45) is 1.31. The minimum Gasteiger partial charge on any atom is -0.480 e. The highest BCUT2D eigenvalue weighted by atomic mass is 16.4. The topological polar surface area (TPSA) is 124 Å². The lowest BCUT2D eigenvalue weighted by molar-refractivity contribution is -0.137. The van der Waals surface area contributed by atoms with Crippen molar-refractivity contribution in [3.8, 4) is 0 Å². The van der Waals surface area contributed by atoms with Gasteiger partial charge in [-0.3, -0.25) is 9.59 Å². The van der Waals surface area contributed by atoms with E-state index in [1.807, 2.05) is 0 Å². The normalized spacial score (nSPS) is 10.7. The van der Waals surface area contributed by atoms with Crippen molar-refractivity contribution in [1.82, 2.24) is 19.5 Å². The SMILES string of the molecule is Nc1nc(C(=O)c2ccccc2)nc2c1ncn2CC(=O)O. The zero-order chi connectivity index (χ0) is 15.7. The maximum Gasteiger partial charge on any atom is 0.323 e. The Balaban J connectivity index is 2.11. The molecule has 0 saturated carbocycles. The molecule has 0 spiro atoms. The Morgan fingerprint density at radius 2 is 1.91 bits per heavy atom. The van der Waals surface area contributed by atoms with Gasteiger partial charge in [0.25, 0.3) is 0 Å². The summed E-state index contributed by atoms with van der Waals surface area (Å²) in [4.78, 5) is 35.3. The van der Waals surface area contributed by atoms with Crippen molar-refractivity contribution in [2.75, 3.05) is 5.73 Å². The number of hydrogen-bond donors (Lipinski definition) is 2. The second-order valence-corrected chi connectivity index (χ2v) is 4.57. The summed E-state index contributed by atoms with van der Waals surface area (Å²) in [6.45, 7) is -0.327. The van der Waals surface area contributed by atoms with Gasteiger partial charge in [0.1, 0.15) is 12.1 Å². The fourth-order valence-electron chi connectivity index (χ4n) is 2.05. The first-order valence-corrected chi connectivity index (χ1v) is 6.36. The number of aliphatic carboxylic acids is 1. The van der Waals surface area contributed by atoms with Crippen LogP contribution in [-0.4, -0.2) is 36.4 Å². The Bertz CT molecular complexity index is 873. The molecule has 3 rings (SSSR count). The van der Waals surface area contributed by atoms with Gasteiger partial charge in [0.15, 0.2) is 11.5 Å². The summed E-state index contributed by atoms with van der Waals surface area (Å²) in [5.41, 5.74) is 6.70. The van der Waals surface area contributed by atoms with Crippen LogP contribution in [0.3, 0.4) is 0 Å². The Morgan fingerprint density at radius 1 is 1.18 bits per heavy atom. The standard InChI is InChI=1S/C14H11N5O3/c15-12-10-14(19(7-16-10)6-9(20)21)18-13(17-12)11(22)8-4-2-1-3-5-8/h1-5,7H,6H2,(H,20,21)(H2,15,17,18). The summed E-state index contributed by atoms with van der Waals surface area (Å²) in [7, 11) is 0. The Kier molecular flexibility index (Phi) is 3.26. The minimum atomic E-state index is -1.05. The number of imidazole rings is 1. The number of ketones is 1. The lowest BCUT2D eigenvalue weighted by Crippen LogP contribution is -2.12. The summed E-state index contributed by atoms with van der Waals surface area (Å²) in [6, 6.07) is 8.52. The highest BCUT2D eigenvalue weighted by Crippen LogP contribution is 2.17. The van der Waals surface area contributed by atoms with E-state index in [1.54, 1.807) is 30.3 Å². The van der Waals surface area contributed by atoms with Crippen LogP contribution in [-0.2, 0) is 11.3 Å². The molecule has 1 aromatic carbocycles. The Labute approximate surface area is 124 Å². The van der Waals surface area contributed by atoms with Gasteiger partial charge in [0, 0.05) is 5.56 Å². The third-order valence-electron chi connectivity index (χ3n) is 3.04. The summed E-state index contributed by atoms with van der Waals surface area (Å²) in [5, 5.41) is 8.88. The lowest BCUT2D eigenvalue weighted by Gasteiger charge is -2.04. The van der Waals surface area contributed by atoms with Crippen molar-refractivity contribution in [2.24, 2.45) is 0 Å². The molecule has 0 amide bonds. The molecule has 0 aliphatic carbocycles. The van der Waals surface area contributed by atoms with E-state index in [1.165, 1.54) is 10.9 Å². The van der Waals surface area contributed by atoms with Crippen molar-refractivity contribution < 1.29 is 14.7 Å². The summed E-state index contributed by atoms with van der Waals surface area (Å²) in [5.74, 6) is -1.50. The smallest absolute Gasteiger partial charge is 0.323 e. The summed E-state index contributed by atoms with van der Waals surface area (Å²) >= 11 is 0. The number of nitrogens with zero attached hydrogens (tertiary/aromatic N) is 4. The number of rotatable bonds is 4. The number of hydrogen-bond acceptors (Lipinski definition) is 6. The van der Waals surface area contributed by atoms with Crippen LogP contribution >= 0.6 is 0 Å². The molecule has 0 aliphatic heterocycles. The molecule has 0 bridgehead atoms. The molecule has 2 heterocycles. The largest absolute Gasteiger partial charge is 0.480 e. The number of nitrogen functional groups attached to an aromatic ring is 1. The van der Waals surface area contributed by atoms with Crippen LogP contribution in [0, 0.1) is 0 Å². The first-order valence-electron chi connectivity index (χ1n) is 6.36. The van der Waals surface area contributed by atoms with Crippen molar-refractivity contribution >= 4 is 28.7 Å². The van der Waals surface area contributed by atoms with E-state index >= 15 is 0 Å². The molecule has 0 saturated heterocycles. The monoisotopic (exact) mass is 297 g/mol. The zero-order valence-corrected chi connectivity index (χ0v) is 11.3. The van der Waals surface area contributed by atoms with E-state index in [0.29, 0.717) is 5.56 Å². The molecule has 22 heavy (non-hydrogen) atoms. The second-order valence-electron chi connectivity index (χ2n) is 4.57. The van der Waals surface area contributed by atoms with Crippen LogP contribution in [0.15, 0.2) is 36.7 Å². The van der Waals surface area contributed by atoms with Crippen LogP contribution in [0.4, 0.5) is 5.82 Å². The fourth-order valence-corrected chi connectivity index (χ4v) is 2.05. The van der Waals surface area contributed by atoms with E-state index in [-0.39, 0.29) is 29.4 Å². The molecule has 0 unspecified atom stereocenters. The molecule has 8 heteroatoms. The lowest BCUT2D eigenvalue weighted by atomic mass is 10.1. The third-order valence-corrected chi connectivity index (χ3v) is 3.04. The van der Waals surface area contributed by atoms with E-state index in [2.05, 4.69) is 15.0 Å². The first kappa shape index (κ1) is 13.7. The van der Waals surface area contributed by atoms with E-state index in [9.17, 15) is 9.59 Å². The van der Waals surface area contributed by atoms with Crippen molar-refractivity contribution in [1.29, 1.82) is 0 Å². The Morgan fingerprint density at radius 3 is 2.59 bits per heavy atom. The fraction of sp³-hybridized carbons (Fsp3) is 0.0714. The van der Waals surface area contributed by atoms with Crippen LogP contribution in [0.5, 0.6) is 0 Å². The average molecular weight is 297 g/mol. The second kappa shape index (κ2) is 5.24. The molecule has 0 aliphatic rings. The van der Waals surface area contributed by atoms with Gasteiger partial charge in [-0.1, -0.05) is 30.3 Å². The average Bonchev–Trinajstić information content (AvgIpc) is 2.90. The first-order chi connectivity index (χ1) is 10.6. The van der Waals surface area contributed by atoms with Gasteiger partial charge in [-0.25, -0.2) is 15.0 Å². The quantitative estimate of drug-likeness (QED) is 0.680. The minimum absolute atomic E-state index is 0.0356. The highest BCUT2D eigenvalue weighted by molar-refractivity contribution is 6.07. The number of carboxylic acids is 1. The van der Waals surface area contributed by atoms with Crippen LogP contribution < -0.4 is 5.73 Å². The number of carboxylic acid groups (broad SMARTS) is 1. The number of nitrogens with two attached hydrogens (primary N) is 1. The number of fused-ring (bicyclic) bond motifs is 1. The zero-order valence-electron chi connectivity index (χ0n) is 11.3. The van der Waals surface area contributed by atoms with E-state index in [4.69, 9.17) is 10.8 Å². The molecule has 3 N–H and O–H groups in total. The number of benzene rings is 1. The predicted octanol–water partition coefficient (Wildman–Crippen LogP) is 0.724. The molecule has 2 aromatic heterocycles. The van der Waals surface area contributed by atoms with E-state index in [0.717, 1.165) is 0 Å². The predicted molar refractivity (Wildman–Crippen MR) is 77.2 cm³/mol. The van der Waals surface area contributed by atoms with Crippen molar-refractivity contribution in [3.63, 3.8) is 0 Å². The molecule has 8 nitrogen and oxygen atoms in total. The molecule has 3 aromatic rings. The van der Waals surface area contributed by atoms with Gasteiger partial charge in [0.2, 0.25) is 11.6 Å². The van der Waals surface area contributed by atoms with Crippen LogP contribution in [0.1, 0.15) is 16.2 Å². The number of aromatic nitrogens is 4. The maximum absolute atomic E-state index is 12.4. The van der Waals surface area contributed by atoms with Gasteiger partial charge in [-0.15, -0.1) is 0 Å². The maximum atomic E-state index is 12.4. The molecule has 0 radical (unpaired) electrons. The number of carbonyl (C=O) groups is 2. The van der Waals surface area contributed by atoms with Gasteiger partial charge in [0.05, 0.1) is 6.33 Å². The van der Waals surface area contributed by atoms with Crippen LogP contribution in [0.25, 0.3) is 11.2 Å². The molecular formula is C14H11N5O3. The molecule has 0 fully saturated rings. The van der Waals surface area contributed by atoms with Gasteiger partial charge in [-0.05, 0) is 0 Å². The molecule has 0 atom stereocenters. The Hall–Kier alpha value is -3.29. The van der Waals surface area contributed by atoms with Gasteiger partial charge >= 0.3 is 5.97 Å². The molecular weight excluding hydrogens is 286 g/mol. The van der Waals surface area contributed by atoms with Crippen molar-refractivity contribution in [3.05, 3.63) is 48.0 Å². The van der Waals surface area contributed by atoms with E-state index < -0.39 is 11.8 Å². The summed E-state index contributed by atoms with van der Waals surface area (Å²) < 4.78 is 1.30. The van der Waals surface area contributed by atoms with Gasteiger partial charge < -0.3 is 15.4 Å². The van der Waals surface area contributed by atoms with Crippen molar-refractivity contribution in [2.45, 2.75) is 6.54 Å². The number of carbonyl (C=O) groups excluding carboxylic acids is 1. The van der Waals surface area contributed by atoms with Crippen LogP contribution in [0.2, 0.25) is 0 Å².